The van der Waals surface area contributed by atoms with Crippen LogP contribution in [0.4, 0.5) is 0 Å². The van der Waals surface area contributed by atoms with Gasteiger partial charge in [-0.15, -0.1) is 0 Å². The van der Waals surface area contributed by atoms with E-state index in [0.29, 0.717) is 0 Å². The number of hydrogen-bond acceptors (Lipinski definition) is 4. The molecular formula is C20H32N4O2. The van der Waals surface area contributed by atoms with E-state index in [1.807, 2.05) is 11.0 Å². The third kappa shape index (κ3) is 5.81. The Bertz CT molecular complexity index is 578. The molecular weight excluding hydrogens is 328 g/mol. The highest BCUT2D eigenvalue weighted by atomic mass is 16.2. The van der Waals surface area contributed by atoms with Gasteiger partial charge in [-0.3, -0.25) is 9.59 Å². The predicted molar refractivity (Wildman–Crippen MR) is 104 cm³/mol. The number of nitrogens with zero attached hydrogens (tertiary/aromatic N) is 1. The lowest BCUT2D eigenvalue weighted by molar-refractivity contribution is -0.137. The number of nitrogens with one attached hydrogen (secondary N) is 3. The lowest BCUT2D eigenvalue weighted by Gasteiger charge is -2.28. The van der Waals surface area contributed by atoms with Crippen molar-refractivity contribution in [2.45, 2.75) is 51.2 Å². The average Bonchev–Trinajstić information content (AvgIpc) is 3.13. The molecule has 0 unspecified atom stereocenters. The van der Waals surface area contributed by atoms with E-state index in [4.69, 9.17) is 0 Å². The number of carbonyl (C=O) groups is 2. The first-order valence-corrected chi connectivity index (χ1v) is 9.55. The fourth-order valence-corrected chi connectivity index (χ4v) is 3.26. The lowest BCUT2D eigenvalue weighted by atomic mass is 10.1. The third-order valence-corrected chi connectivity index (χ3v) is 5.03. The zero-order valence-electron chi connectivity index (χ0n) is 16.1. The van der Waals surface area contributed by atoms with Crippen LogP contribution >= 0.6 is 0 Å². The highest BCUT2D eigenvalue weighted by Crippen LogP contribution is 2.17. The molecule has 26 heavy (non-hydrogen) atoms. The summed E-state index contributed by atoms with van der Waals surface area (Å²) in [4.78, 5) is 26.6. The summed E-state index contributed by atoms with van der Waals surface area (Å²) in [7, 11) is 1.73. The lowest BCUT2D eigenvalue weighted by Crippen LogP contribution is -2.53. The topological polar surface area (TPSA) is 73.5 Å². The number of hydrogen-bond donors (Lipinski definition) is 3. The van der Waals surface area contributed by atoms with Gasteiger partial charge in [-0.25, -0.2) is 0 Å². The van der Waals surface area contributed by atoms with Crippen molar-refractivity contribution in [3.05, 3.63) is 35.9 Å². The summed E-state index contributed by atoms with van der Waals surface area (Å²) in [6.07, 6.45) is 3.01. The molecule has 0 radical (unpaired) electrons. The van der Waals surface area contributed by atoms with Crippen molar-refractivity contribution in [1.82, 2.24) is 20.9 Å². The molecule has 1 aliphatic rings. The Morgan fingerprint density at radius 1 is 1.19 bits per heavy atom. The Morgan fingerprint density at radius 3 is 2.62 bits per heavy atom. The van der Waals surface area contributed by atoms with E-state index >= 15 is 0 Å². The van der Waals surface area contributed by atoms with Gasteiger partial charge in [0.2, 0.25) is 11.8 Å². The standard InChI is InChI=1S/C20H32N4O2/c1-15(21-3)19(25)23-16(2)20(26)24-13-7-10-18(24)14-22-12-11-17-8-5-4-6-9-17/h4-6,8-9,15-16,18,21-22H,7,10-14H2,1-3H3,(H,23,25)/t15-,16-,18-/m0/s1. The molecule has 1 heterocycles. The van der Waals surface area contributed by atoms with Gasteiger partial charge in [0.25, 0.3) is 0 Å². The number of amides is 2. The van der Waals surface area contributed by atoms with Crippen molar-refractivity contribution in [2.75, 3.05) is 26.7 Å². The van der Waals surface area contributed by atoms with Crippen LogP contribution in [0.2, 0.25) is 0 Å². The Balaban J connectivity index is 1.77. The van der Waals surface area contributed by atoms with Crippen LogP contribution in [0.3, 0.4) is 0 Å². The summed E-state index contributed by atoms with van der Waals surface area (Å²) in [6.45, 7) is 6.01. The second-order valence-electron chi connectivity index (χ2n) is 7.01. The normalized spacial score (nSPS) is 19.2. The fraction of sp³-hybridized carbons (Fsp3) is 0.600. The van der Waals surface area contributed by atoms with Gasteiger partial charge in [0.15, 0.2) is 0 Å². The van der Waals surface area contributed by atoms with Crippen molar-refractivity contribution in [3.8, 4) is 0 Å². The van der Waals surface area contributed by atoms with E-state index < -0.39 is 6.04 Å². The van der Waals surface area contributed by atoms with Gasteiger partial charge in [-0.1, -0.05) is 30.3 Å². The van der Waals surface area contributed by atoms with E-state index in [1.54, 1.807) is 20.9 Å². The van der Waals surface area contributed by atoms with Crippen LogP contribution in [0, 0.1) is 0 Å². The molecule has 2 amide bonds. The van der Waals surface area contributed by atoms with Crippen LogP contribution in [0.15, 0.2) is 30.3 Å². The van der Waals surface area contributed by atoms with E-state index in [-0.39, 0.29) is 23.9 Å². The molecule has 0 spiro atoms. The number of rotatable bonds is 9. The second-order valence-corrected chi connectivity index (χ2v) is 7.01. The molecule has 1 aliphatic heterocycles. The summed E-state index contributed by atoms with van der Waals surface area (Å²) in [5.74, 6) is -0.140. The molecule has 6 nitrogen and oxygen atoms in total. The SMILES string of the molecule is CN[C@@H](C)C(=O)N[C@@H](C)C(=O)N1CCC[C@H]1CNCCc1ccccc1. The van der Waals surface area contributed by atoms with Crippen molar-refractivity contribution < 1.29 is 9.59 Å². The Labute approximate surface area is 156 Å². The van der Waals surface area contributed by atoms with Gasteiger partial charge >= 0.3 is 0 Å². The van der Waals surface area contributed by atoms with Crippen molar-refractivity contribution in [1.29, 1.82) is 0 Å². The molecule has 1 aromatic rings. The van der Waals surface area contributed by atoms with Crippen molar-refractivity contribution in [2.24, 2.45) is 0 Å². The van der Waals surface area contributed by atoms with Gasteiger partial charge < -0.3 is 20.9 Å². The fourth-order valence-electron chi connectivity index (χ4n) is 3.26. The molecule has 0 aliphatic carbocycles. The van der Waals surface area contributed by atoms with Crippen LogP contribution in [0.25, 0.3) is 0 Å². The van der Waals surface area contributed by atoms with Crippen LogP contribution < -0.4 is 16.0 Å². The first kappa shape index (κ1) is 20.4. The molecule has 6 heteroatoms. The quantitative estimate of drug-likeness (QED) is 0.573. The van der Waals surface area contributed by atoms with E-state index in [0.717, 1.165) is 38.9 Å². The molecule has 0 bridgehead atoms. The van der Waals surface area contributed by atoms with Crippen LogP contribution in [-0.2, 0) is 16.0 Å². The largest absolute Gasteiger partial charge is 0.343 e. The predicted octanol–water partition coefficient (Wildman–Crippen LogP) is 0.922. The number of carbonyl (C=O) groups excluding carboxylic acids is 2. The minimum absolute atomic E-state index is 0.00834. The zero-order valence-corrected chi connectivity index (χ0v) is 16.1. The van der Waals surface area contributed by atoms with Gasteiger partial charge in [0.05, 0.1) is 6.04 Å². The molecule has 0 aromatic heterocycles. The summed E-state index contributed by atoms with van der Waals surface area (Å²) in [5, 5.41) is 9.17. The molecule has 1 saturated heterocycles. The average molecular weight is 361 g/mol. The molecule has 0 saturated carbocycles. The minimum atomic E-state index is -0.497. The minimum Gasteiger partial charge on any atom is -0.343 e. The number of likely N-dealkylation sites (N-methyl/N-ethyl adjacent to an activating group) is 1. The van der Waals surface area contributed by atoms with Crippen molar-refractivity contribution in [3.63, 3.8) is 0 Å². The molecule has 3 atom stereocenters. The first-order valence-electron chi connectivity index (χ1n) is 9.55. The maximum atomic E-state index is 12.7. The van der Waals surface area contributed by atoms with Gasteiger partial charge in [0.1, 0.15) is 6.04 Å². The number of benzene rings is 1. The Hall–Kier alpha value is -1.92. The second kappa shape index (κ2) is 10.3. The van der Waals surface area contributed by atoms with Gasteiger partial charge in [-0.05, 0) is 52.3 Å². The first-order chi connectivity index (χ1) is 12.5. The maximum Gasteiger partial charge on any atom is 0.245 e. The number of likely N-dealkylation sites (tertiary alicyclic amines) is 1. The highest BCUT2D eigenvalue weighted by Gasteiger charge is 2.32. The maximum absolute atomic E-state index is 12.7. The van der Waals surface area contributed by atoms with Crippen LogP contribution in [0.5, 0.6) is 0 Å². The van der Waals surface area contributed by atoms with Crippen molar-refractivity contribution >= 4 is 11.8 Å². The molecule has 1 aromatic carbocycles. The summed E-state index contributed by atoms with van der Waals surface area (Å²) < 4.78 is 0. The van der Waals surface area contributed by atoms with E-state index in [9.17, 15) is 9.59 Å². The smallest absolute Gasteiger partial charge is 0.245 e. The molecule has 3 N–H and O–H groups in total. The highest BCUT2D eigenvalue weighted by molar-refractivity contribution is 5.89. The van der Waals surface area contributed by atoms with E-state index in [1.165, 1.54) is 5.56 Å². The summed E-state index contributed by atoms with van der Waals surface area (Å²) in [6, 6.07) is 9.79. The van der Waals surface area contributed by atoms with Gasteiger partial charge in [-0.2, -0.15) is 0 Å². The Morgan fingerprint density at radius 2 is 1.92 bits per heavy atom. The molecule has 144 valence electrons. The van der Waals surface area contributed by atoms with Crippen LogP contribution in [-0.4, -0.2) is 61.5 Å². The third-order valence-electron chi connectivity index (χ3n) is 5.03. The molecule has 2 rings (SSSR count). The molecule has 1 fully saturated rings. The summed E-state index contributed by atoms with van der Waals surface area (Å²) in [5.41, 5.74) is 1.31. The van der Waals surface area contributed by atoms with Gasteiger partial charge in [0, 0.05) is 19.1 Å². The summed E-state index contributed by atoms with van der Waals surface area (Å²) >= 11 is 0. The Kier molecular flexibility index (Phi) is 8.06. The zero-order chi connectivity index (χ0) is 18.9. The van der Waals surface area contributed by atoms with Crippen LogP contribution in [0.1, 0.15) is 32.3 Å². The van der Waals surface area contributed by atoms with E-state index in [2.05, 4.69) is 40.2 Å². The monoisotopic (exact) mass is 360 g/mol.